The maximum atomic E-state index is 13.7. The highest BCUT2D eigenvalue weighted by Gasteiger charge is 2.67. The van der Waals surface area contributed by atoms with Gasteiger partial charge in [0.2, 0.25) is 11.7 Å². The largest absolute Gasteiger partial charge is 0.466 e. The monoisotopic (exact) mass is 527 g/mol. The van der Waals surface area contributed by atoms with Gasteiger partial charge in [0.1, 0.15) is 12.2 Å². The van der Waals surface area contributed by atoms with Gasteiger partial charge in [0.25, 0.3) is 0 Å². The van der Waals surface area contributed by atoms with E-state index in [2.05, 4.69) is 20.5 Å². The van der Waals surface area contributed by atoms with E-state index in [4.69, 9.17) is 15.2 Å². The van der Waals surface area contributed by atoms with E-state index < -0.39 is 29.4 Å². The summed E-state index contributed by atoms with van der Waals surface area (Å²) in [5.74, 6) is -4.45. The lowest BCUT2D eigenvalue weighted by atomic mass is 10.1. The Morgan fingerprint density at radius 2 is 2.03 bits per heavy atom. The van der Waals surface area contributed by atoms with Gasteiger partial charge in [-0.3, -0.25) is 0 Å². The normalized spacial score (nSPS) is 19.1. The van der Waals surface area contributed by atoms with Crippen molar-refractivity contribution in [3.05, 3.63) is 40.3 Å². The van der Waals surface area contributed by atoms with Gasteiger partial charge >= 0.3 is 0 Å². The van der Waals surface area contributed by atoms with Crippen LogP contribution >= 0.6 is 11.8 Å². The third-order valence-electron chi connectivity index (χ3n) is 5.71. The third-order valence-corrected chi connectivity index (χ3v) is 6.76. The molecule has 0 radical (unpaired) electrons. The number of rotatable bonds is 15. The number of anilines is 2. The zero-order chi connectivity index (χ0) is 26.3. The van der Waals surface area contributed by atoms with E-state index in [1.54, 1.807) is 0 Å². The summed E-state index contributed by atoms with van der Waals surface area (Å²) in [6, 6.07) is 3.03. The van der Waals surface area contributed by atoms with E-state index in [-0.39, 0.29) is 36.3 Å². The molecular weight excluding hydrogens is 496 g/mol. The molecule has 0 amide bonds. The Morgan fingerprint density at radius 1 is 1.25 bits per heavy atom. The Morgan fingerprint density at radius 3 is 2.69 bits per heavy atom. The van der Waals surface area contributed by atoms with Crippen LogP contribution in [0.2, 0.25) is 0 Å². The van der Waals surface area contributed by atoms with Crippen molar-refractivity contribution in [2.24, 2.45) is 5.18 Å². The summed E-state index contributed by atoms with van der Waals surface area (Å²) in [5.41, 5.74) is 6.55. The fourth-order valence-corrected chi connectivity index (χ4v) is 4.31. The molecule has 1 aliphatic rings. The van der Waals surface area contributed by atoms with Crippen LogP contribution in [0.1, 0.15) is 44.6 Å². The minimum atomic E-state index is -2.31. The number of halogens is 2. The Labute approximate surface area is 212 Å². The molecule has 36 heavy (non-hydrogen) atoms. The molecule has 0 bridgehead atoms. The maximum Gasteiger partial charge on any atom is 0.244 e. The van der Waals surface area contributed by atoms with Crippen molar-refractivity contribution in [3.8, 4) is 5.88 Å². The van der Waals surface area contributed by atoms with Crippen LogP contribution in [0.5, 0.6) is 5.88 Å². The minimum Gasteiger partial charge on any atom is -0.466 e. The lowest BCUT2D eigenvalue weighted by Crippen LogP contribution is -2.23. The highest BCUT2D eigenvalue weighted by Crippen LogP contribution is 2.52. The second-order valence-electron chi connectivity index (χ2n) is 8.40. The summed E-state index contributed by atoms with van der Waals surface area (Å²) < 4.78 is 38.2. The van der Waals surface area contributed by atoms with Crippen molar-refractivity contribution >= 4 is 23.3 Å². The van der Waals surface area contributed by atoms with Crippen LogP contribution in [0, 0.1) is 16.5 Å². The summed E-state index contributed by atoms with van der Waals surface area (Å²) in [7, 11) is 0. The Bertz CT molecular complexity index is 1050. The molecule has 3 atom stereocenters. The first-order valence-electron chi connectivity index (χ1n) is 11.7. The number of nitrogens with one attached hydrogen (secondary N) is 1. The highest BCUT2D eigenvalue weighted by atomic mass is 32.2. The average molecular weight is 528 g/mol. The van der Waals surface area contributed by atoms with Gasteiger partial charge in [0, 0.05) is 18.4 Å². The van der Waals surface area contributed by atoms with Crippen LogP contribution in [0.15, 0.2) is 28.5 Å². The number of hydrogen-bond donors (Lipinski definition) is 4. The third kappa shape index (κ3) is 6.78. The predicted octanol–water partition coefficient (Wildman–Crippen LogP) is 3.43. The number of nitrogens with zero attached hydrogens (tertiary/aromatic N) is 3. The molecule has 198 valence electrons. The van der Waals surface area contributed by atoms with E-state index in [0.29, 0.717) is 24.0 Å². The average Bonchev–Trinajstić information content (AvgIpc) is 3.40. The fourth-order valence-electron chi connectivity index (χ4n) is 3.62. The molecule has 2 aromatic rings. The molecule has 0 aliphatic heterocycles. The topological polar surface area (TPSA) is 152 Å². The summed E-state index contributed by atoms with van der Waals surface area (Å²) >= 11 is 1.39. The molecule has 10 nitrogen and oxygen atoms in total. The molecule has 1 aromatic heterocycles. The second kappa shape index (κ2) is 12.6. The van der Waals surface area contributed by atoms with Gasteiger partial charge in [-0.15, -0.1) is 0 Å². The van der Waals surface area contributed by atoms with Crippen LogP contribution in [0.4, 0.5) is 20.3 Å². The van der Waals surface area contributed by atoms with E-state index in [1.165, 1.54) is 17.8 Å². The Balaban J connectivity index is 1.79. The van der Waals surface area contributed by atoms with Crippen molar-refractivity contribution in [3.63, 3.8) is 0 Å². The number of aromatic nitrogens is 2. The molecule has 0 saturated heterocycles. The van der Waals surface area contributed by atoms with Crippen LogP contribution in [0.3, 0.4) is 0 Å². The number of ether oxygens (including phenoxy) is 2. The van der Waals surface area contributed by atoms with Crippen LogP contribution in [-0.4, -0.2) is 63.6 Å². The highest BCUT2D eigenvalue weighted by molar-refractivity contribution is 7.99. The molecule has 1 aliphatic carbocycles. The number of benzene rings is 1. The van der Waals surface area contributed by atoms with Crippen molar-refractivity contribution in [1.29, 1.82) is 0 Å². The van der Waals surface area contributed by atoms with Gasteiger partial charge in [-0.25, -0.2) is 13.8 Å². The van der Waals surface area contributed by atoms with Crippen molar-refractivity contribution < 1.29 is 28.5 Å². The molecule has 13 heteroatoms. The molecular formula is C23H31F2N5O5S. The summed E-state index contributed by atoms with van der Waals surface area (Å²) in [6.07, 6.45) is 1.02. The van der Waals surface area contributed by atoms with Crippen LogP contribution in [0.25, 0.3) is 0 Å². The lowest BCUT2D eigenvalue weighted by Gasteiger charge is -2.20. The Hall–Kier alpha value is -2.61. The molecule has 1 saturated carbocycles. The van der Waals surface area contributed by atoms with Crippen molar-refractivity contribution in [2.45, 2.75) is 62.1 Å². The van der Waals surface area contributed by atoms with Gasteiger partial charge in [-0.05, 0) is 37.0 Å². The molecule has 3 rings (SSSR count). The summed E-state index contributed by atoms with van der Waals surface area (Å²) in [6.45, 7) is 4.73. The molecule has 1 heterocycles. The van der Waals surface area contributed by atoms with E-state index in [1.807, 2.05) is 13.8 Å². The number of hydrogen-bond acceptors (Lipinski definition) is 11. The molecule has 1 fully saturated rings. The quantitative estimate of drug-likeness (QED) is 0.0891. The number of aliphatic hydroxyl groups is 2. The fraction of sp³-hybridized carbons (Fsp3) is 0.565. The van der Waals surface area contributed by atoms with Gasteiger partial charge in [0.05, 0.1) is 12.5 Å². The zero-order valence-corrected chi connectivity index (χ0v) is 20.9. The van der Waals surface area contributed by atoms with Crippen LogP contribution < -0.4 is 15.8 Å². The maximum absolute atomic E-state index is 13.7. The second-order valence-corrected chi connectivity index (χ2v) is 9.46. The van der Waals surface area contributed by atoms with Crippen LogP contribution in [-0.2, 0) is 4.74 Å². The molecule has 0 spiro atoms. The molecule has 1 aromatic carbocycles. The van der Waals surface area contributed by atoms with E-state index in [0.717, 1.165) is 30.7 Å². The summed E-state index contributed by atoms with van der Waals surface area (Å²) in [4.78, 5) is 19.0. The van der Waals surface area contributed by atoms with Crippen molar-refractivity contribution in [1.82, 2.24) is 9.97 Å². The number of nitrogens with two attached hydrogens (primary N) is 1. The van der Waals surface area contributed by atoms with Gasteiger partial charge in [0.15, 0.2) is 28.7 Å². The standard InChI is InChI=1S/C23H31F2N5O5S/c1-3-11-36-22-29-20(28-14(4-2)7-9-34-10-8-27-33)18(26)21(30-22)35-19-17(23(19,31)32)13-5-6-15(24)16(25)12-13/h5-6,12,14,17,19,31-32H,3-4,7-11,26H2,1-2H3,(H,28,29,30). The lowest BCUT2D eigenvalue weighted by molar-refractivity contribution is -0.0975. The zero-order valence-electron chi connectivity index (χ0n) is 20.1. The van der Waals surface area contributed by atoms with Gasteiger partial charge in [-0.2, -0.15) is 9.89 Å². The smallest absolute Gasteiger partial charge is 0.244 e. The summed E-state index contributed by atoms with van der Waals surface area (Å²) in [5, 5.41) is 27.2. The minimum absolute atomic E-state index is 0.0446. The number of nitroso groups, excluding NO2 is 1. The van der Waals surface area contributed by atoms with E-state index in [9.17, 15) is 23.9 Å². The first-order valence-corrected chi connectivity index (χ1v) is 12.7. The van der Waals surface area contributed by atoms with Crippen molar-refractivity contribution in [2.75, 3.05) is 36.6 Å². The van der Waals surface area contributed by atoms with Gasteiger partial charge in [-0.1, -0.05) is 36.9 Å². The molecule has 3 unspecified atom stereocenters. The Kier molecular flexibility index (Phi) is 9.77. The molecule has 5 N–H and O–H groups in total. The number of nitrogen functional groups attached to an aromatic ring is 1. The first-order chi connectivity index (χ1) is 17.2. The SMILES string of the molecule is CCCSc1nc(NC(CC)CCOCCN=O)c(N)c(OC2C(c3ccc(F)c(F)c3)C2(O)O)n1. The van der Waals surface area contributed by atoms with E-state index >= 15 is 0 Å². The first kappa shape index (κ1) is 28.0. The predicted molar refractivity (Wildman–Crippen MR) is 132 cm³/mol. The number of thioether (sulfide) groups is 1. The van der Waals surface area contributed by atoms with Gasteiger partial charge < -0.3 is 30.7 Å².